The molecule has 0 aliphatic heterocycles. The topological polar surface area (TPSA) is 68.1 Å². The molecule has 4 heteroatoms. The average Bonchev–Trinajstić information content (AvgIpc) is 2.81. The van der Waals surface area contributed by atoms with Crippen LogP contribution in [0, 0.1) is 0 Å². The minimum absolute atomic E-state index is 0.0312. The Labute approximate surface area is 101 Å². The van der Waals surface area contributed by atoms with Crippen molar-refractivity contribution in [1.29, 1.82) is 0 Å². The number of aromatic nitrogens is 1. The van der Waals surface area contributed by atoms with Crippen LogP contribution in [0.3, 0.4) is 0 Å². The molecule has 0 spiro atoms. The normalized spacial score (nSPS) is 9.59. The molecule has 0 saturated heterocycles. The number of esters is 1. The molecule has 0 unspecified atom stereocenters. The van der Waals surface area contributed by atoms with Crippen molar-refractivity contribution in [3.8, 4) is 0 Å². The second kappa shape index (κ2) is 6.70. The summed E-state index contributed by atoms with van der Waals surface area (Å²) >= 11 is 0. The van der Waals surface area contributed by atoms with Gasteiger partial charge in [-0.25, -0.2) is 0 Å². The van der Waals surface area contributed by atoms with Crippen LogP contribution in [0.2, 0.25) is 0 Å². The molecule has 0 fully saturated rings. The van der Waals surface area contributed by atoms with Crippen molar-refractivity contribution >= 4 is 16.9 Å². The maximum atomic E-state index is 9.83. The fourth-order valence-corrected chi connectivity index (χ4v) is 1.51. The molecule has 0 saturated carbocycles. The molecule has 0 aliphatic rings. The highest BCUT2D eigenvalue weighted by Crippen LogP contribution is 2.17. The van der Waals surface area contributed by atoms with Crippen LogP contribution >= 0.6 is 0 Å². The number of methoxy groups -OCH3 is 1. The summed E-state index contributed by atoms with van der Waals surface area (Å²) in [7, 11) is 1.30. The summed E-state index contributed by atoms with van der Waals surface area (Å²) in [6.07, 6.45) is 3.19. The number of carbonyl (C=O) groups is 1. The standard InChI is InChI=1S/C10H11N.C3H7NO2/c1-2-8-7-11-10-6-4-3-5-9(8)10;1-6-3(5)2-4/h3-7,11H,2H2,1H3;2,4H2,1H3. The number of nitrogens with one attached hydrogen (secondary N) is 1. The number of aromatic amines is 1. The van der Waals surface area contributed by atoms with Gasteiger partial charge in [-0.3, -0.25) is 4.79 Å². The Morgan fingerprint density at radius 2 is 2.12 bits per heavy atom. The summed E-state index contributed by atoms with van der Waals surface area (Å²) in [6.45, 7) is 2.14. The summed E-state index contributed by atoms with van der Waals surface area (Å²) in [6, 6.07) is 8.40. The zero-order valence-electron chi connectivity index (χ0n) is 10.2. The van der Waals surface area contributed by atoms with Crippen LogP contribution in [0.15, 0.2) is 30.5 Å². The van der Waals surface area contributed by atoms with Crippen molar-refractivity contribution in [3.63, 3.8) is 0 Å². The lowest BCUT2D eigenvalue weighted by Gasteiger charge is -1.90. The molecular weight excluding hydrogens is 216 g/mol. The second-order valence-electron chi connectivity index (χ2n) is 3.49. The van der Waals surface area contributed by atoms with Gasteiger partial charge in [0.1, 0.15) is 0 Å². The fraction of sp³-hybridized carbons (Fsp3) is 0.308. The van der Waals surface area contributed by atoms with Crippen LogP contribution in [0.5, 0.6) is 0 Å². The van der Waals surface area contributed by atoms with Crippen molar-refractivity contribution in [2.45, 2.75) is 13.3 Å². The zero-order chi connectivity index (χ0) is 12.7. The molecule has 0 aliphatic carbocycles. The molecule has 17 heavy (non-hydrogen) atoms. The highest BCUT2D eigenvalue weighted by molar-refractivity contribution is 5.82. The van der Waals surface area contributed by atoms with Gasteiger partial charge in [-0.05, 0) is 18.1 Å². The van der Waals surface area contributed by atoms with Crippen molar-refractivity contribution in [1.82, 2.24) is 4.98 Å². The Morgan fingerprint density at radius 3 is 2.65 bits per heavy atom. The van der Waals surface area contributed by atoms with E-state index in [1.807, 2.05) is 0 Å². The lowest BCUT2D eigenvalue weighted by atomic mass is 10.1. The van der Waals surface area contributed by atoms with Gasteiger partial charge in [-0.15, -0.1) is 0 Å². The Hall–Kier alpha value is -1.81. The van der Waals surface area contributed by atoms with Gasteiger partial charge in [0.25, 0.3) is 0 Å². The summed E-state index contributed by atoms with van der Waals surface area (Å²) in [4.78, 5) is 13.1. The number of hydrogen-bond acceptors (Lipinski definition) is 3. The number of para-hydroxylation sites is 1. The van der Waals surface area contributed by atoms with Gasteiger partial charge in [0.2, 0.25) is 0 Å². The van der Waals surface area contributed by atoms with E-state index in [1.54, 1.807) is 0 Å². The Balaban J connectivity index is 0.000000209. The summed E-state index contributed by atoms with van der Waals surface area (Å²) in [5, 5.41) is 1.36. The van der Waals surface area contributed by atoms with Crippen molar-refractivity contribution in [2.75, 3.05) is 13.7 Å². The first-order valence-corrected chi connectivity index (χ1v) is 5.54. The van der Waals surface area contributed by atoms with Gasteiger partial charge in [0, 0.05) is 17.1 Å². The van der Waals surface area contributed by atoms with Crippen LogP contribution in [0.25, 0.3) is 10.9 Å². The van der Waals surface area contributed by atoms with Gasteiger partial charge in [0.05, 0.1) is 13.7 Å². The van der Waals surface area contributed by atoms with Crippen molar-refractivity contribution in [2.24, 2.45) is 5.73 Å². The average molecular weight is 234 g/mol. The van der Waals surface area contributed by atoms with Crippen molar-refractivity contribution < 1.29 is 9.53 Å². The highest BCUT2D eigenvalue weighted by Gasteiger charge is 1.97. The Kier molecular flexibility index (Phi) is 5.23. The first-order chi connectivity index (χ1) is 8.22. The van der Waals surface area contributed by atoms with Crippen LogP contribution in [-0.4, -0.2) is 24.6 Å². The van der Waals surface area contributed by atoms with Gasteiger partial charge in [0.15, 0.2) is 0 Å². The summed E-state index contributed by atoms with van der Waals surface area (Å²) in [5.74, 6) is -0.380. The van der Waals surface area contributed by atoms with Gasteiger partial charge in [-0.1, -0.05) is 25.1 Å². The van der Waals surface area contributed by atoms with E-state index in [9.17, 15) is 4.79 Å². The third kappa shape index (κ3) is 3.60. The molecule has 1 heterocycles. The number of aryl methyl sites for hydroxylation is 1. The Bertz CT molecular complexity index is 471. The molecule has 3 N–H and O–H groups in total. The van der Waals surface area contributed by atoms with Crippen molar-refractivity contribution in [3.05, 3.63) is 36.0 Å². The largest absolute Gasteiger partial charge is 0.468 e. The number of hydrogen-bond donors (Lipinski definition) is 2. The maximum Gasteiger partial charge on any atom is 0.319 e. The molecule has 0 amide bonds. The van der Waals surface area contributed by atoms with Gasteiger partial charge < -0.3 is 15.5 Å². The van der Waals surface area contributed by atoms with E-state index >= 15 is 0 Å². The van der Waals surface area contributed by atoms with E-state index in [-0.39, 0.29) is 12.5 Å². The molecule has 0 atom stereocenters. The maximum absolute atomic E-state index is 9.83. The van der Waals surface area contributed by atoms with E-state index in [4.69, 9.17) is 5.73 Å². The predicted molar refractivity (Wildman–Crippen MR) is 68.7 cm³/mol. The number of benzene rings is 1. The molecule has 0 radical (unpaired) electrons. The van der Waals surface area contributed by atoms with Crippen LogP contribution in [0.4, 0.5) is 0 Å². The summed E-state index contributed by atoms with van der Waals surface area (Å²) < 4.78 is 4.14. The van der Waals surface area contributed by atoms with E-state index < -0.39 is 0 Å². The number of ether oxygens (including phenoxy) is 1. The van der Waals surface area contributed by atoms with Crippen LogP contribution in [-0.2, 0) is 16.0 Å². The Morgan fingerprint density at radius 1 is 1.41 bits per heavy atom. The predicted octanol–water partition coefficient (Wildman–Crippen LogP) is 1.85. The number of H-pyrrole nitrogens is 1. The SMILES string of the molecule is CCc1c[nH]c2ccccc12.COC(=O)CN. The second-order valence-corrected chi connectivity index (χ2v) is 3.49. The molecule has 92 valence electrons. The van der Waals surface area contributed by atoms with Gasteiger partial charge >= 0.3 is 5.97 Å². The highest BCUT2D eigenvalue weighted by atomic mass is 16.5. The van der Waals surface area contributed by atoms with E-state index in [0.29, 0.717) is 0 Å². The number of fused-ring (bicyclic) bond motifs is 1. The third-order valence-corrected chi connectivity index (χ3v) is 2.45. The number of rotatable bonds is 2. The van der Waals surface area contributed by atoms with Gasteiger partial charge in [-0.2, -0.15) is 0 Å². The molecule has 1 aromatic heterocycles. The molecule has 1 aromatic carbocycles. The minimum Gasteiger partial charge on any atom is -0.468 e. The van der Waals surface area contributed by atoms with E-state index in [0.717, 1.165) is 6.42 Å². The molecule has 2 rings (SSSR count). The minimum atomic E-state index is -0.380. The molecule has 4 nitrogen and oxygen atoms in total. The number of carbonyl (C=O) groups excluding carboxylic acids is 1. The van der Waals surface area contributed by atoms with Crippen LogP contribution in [0.1, 0.15) is 12.5 Å². The summed E-state index contributed by atoms with van der Waals surface area (Å²) in [5.41, 5.74) is 7.45. The first-order valence-electron chi connectivity index (χ1n) is 5.54. The van der Waals surface area contributed by atoms with Crippen LogP contribution < -0.4 is 5.73 Å². The zero-order valence-corrected chi connectivity index (χ0v) is 10.2. The third-order valence-electron chi connectivity index (χ3n) is 2.45. The van der Waals surface area contributed by atoms with E-state index in [2.05, 4.69) is 47.1 Å². The lowest BCUT2D eigenvalue weighted by Crippen LogP contribution is -2.14. The monoisotopic (exact) mass is 234 g/mol. The number of nitrogens with two attached hydrogens (primary N) is 1. The fourth-order valence-electron chi connectivity index (χ4n) is 1.51. The molecular formula is C13H18N2O2. The lowest BCUT2D eigenvalue weighted by molar-refractivity contribution is -0.138. The molecule has 2 aromatic rings. The smallest absolute Gasteiger partial charge is 0.319 e. The van der Waals surface area contributed by atoms with E-state index in [1.165, 1.54) is 23.6 Å². The first kappa shape index (κ1) is 13.3. The quantitative estimate of drug-likeness (QED) is 0.779. The molecule has 0 bridgehead atoms.